The fourth-order valence-corrected chi connectivity index (χ4v) is 2.84. The number of nitrogens with zero attached hydrogens (tertiary/aromatic N) is 1. The average Bonchev–Trinajstić information content (AvgIpc) is 2.72. The van der Waals surface area contributed by atoms with Gasteiger partial charge in [0.2, 0.25) is 5.75 Å². The van der Waals surface area contributed by atoms with Crippen LogP contribution in [0.4, 0.5) is 0 Å². The second kappa shape index (κ2) is 7.82. The van der Waals surface area contributed by atoms with Gasteiger partial charge in [-0.3, -0.25) is 0 Å². The Morgan fingerprint density at radius 1 is 0.815 bits per heavy atom. The Balaban J connectivity index is 2.22. The lowest BCUT2D eigenvalue weighted by Crippen LogP contribution is -2.11. The molecule has 0 saturated carbocycles. The van der Waals surface area contributed by atoms with E-state index in [9.17, 15) is 4.79 Å². The SMILES string of the molecule is COc1ccc(-c2cnc(=O)[nH]c2-c2cc(OC)c(OC)c(OC)c2)cc1. The van der Waals surface area contributed by atoms with Crippen molar-refractivity contribution in [1.29, 1.82) is 0 Å². The van der Waals surface area contributed by atoms with Crippen molar-refractivity contribution in [2.24, 2.45) is 0 Å². The molecule has 1 aromatic heterocycles. The number of hydrogen-bond donors (Lipinski definition) is 1. The van der Waals surface area contributed by atoms with Crippen LogP contribution < -0.4 is 24.6 Å². The molecule has 7 heteroatoms. The van der Waals surface area contributed by atoms with Crippen molar-refractivity contribution in [3.8, 4) is 45.4 Å². The molecule has 1 heterocycles. The zero-order chi connectivity index (χ0) is 19.4. The van der Waals surface area contributed by atoms with Crippen molar-refractivity contribution >= 4 is 0 Å². The van der Waals surface area contributed by atoms with Gasteiger partial charge >= 0.3 is 5.69 Å². The third-order valence-electron chi connectivity index (χ3n) is 4.17. The number of aromatic amines is 1. The number of aromatic nitrogens is 2. The topological polar surface area (TPSA) is 82.7 Å². The third kappa shape index (κ3) is 3.57. The van der Waals surface area contributed by atoms with Crippen molar-refractivity contribution in [3.63, 3.8) is 0 Å². The van der Waals surface area contributed by atoms with Crippen LogP contribution in [0.25, 0.3) is 22.4 Å². The molecule has 7 nitrogen and oxygen atoms in total. The molecule has 1 N–H and O–H groups in total. The molecule has 0 aliphatic rings. The fraction of sp³-hybridized carbons (Fsp3) is 0.200. The van der Waals surface area contributed by atoms with Gasteiger partial charge in [-0.2, -0.15) is 0 Å². The molecule has 0 bridgehead atoms. The van der Waals surface area contributed by atoms with E-state index in [1.165, 1.54) is 7.11 Å². The smallest absolute Gasteiger partial charge is 0.345 e. The number of benzene rings is 2. The maximum Gasteiger partial charge on any atom is 0.345 e. The highest BCUT2D eigenvalue weighted by molar-refractivity contribution is 5.82. The minimum absolute atomic E-state index is 0.448. The molecular formula is C20H20N2O5. The minimum Gasteiger partial charge on any atom is -0.497 e. The van der Waals surface area contributed by atoms with E-state index in [0.717, 1.165) is 16.9 Å². The van der Waals surface area contributed by atoms with Crippen LogP contribution in [0.15, 0.2) is 47.4 Å². The highest BCUT2D eigenvalue weighted by Crippen LogP contribution is 2.42. The third-order valence-corrected chi connectivity index (χ3v) is 4.17. The van der Waals surface area contributed by atoms with Crippen molar-refractivity contribution in [2.45, 2.75) is 0 Å². The van der Waals surface area contributed by atoms with Gasteiger partial charge in [0.1, 0.15) is 5.75 Å². The van der Waals surface area contributed by atoms with Crippen molar-refractivity contribution in [3.05, 3.63) is 53.1 Å². The van der Waals surface area contributed by atoms with E-state index in [0.29, 0.717) is 28.5 Å². The largest absolute Gasteiger partial charge is 0.497 e. The van der Waals surface area contributed by atoms with Gasteiger partial charge in [-0.1, -0.05) is 12.1 Å². The van der Waals surface area contributed by atoms with E-state index in [1.807, 2.05) is 24.3 Å². The first kappa shape index (κ1) is 18.3. The van der Waals surface area contributed by atoms with Crippen LogP contribution in [0.2, 0.25) is 0 Å². The van der Waals surface area contributed by atoms with Crippen molar-refractivity contribution in [1.82, 2.24) is 9.97 Å². The number of H-pyrrole nitrogens is 1. The highest BCUT2D eigenvalue weighted by atomic mass is 16.5. The van der Waals surface area contributed by atoms with E-state index < -0.39 is 5.69 Å². The molecule has 2 aromatic carbocycles. The van der Waals surface area contributed by atoms with Gasteiger partial charge in [-0.05, 0) is 29.8 Å². The zero-order valence-electron chi connectivity index (χ0n) is 15.5. The first-order valence-corrected chi connectivity index (χ1v) is 8.15. The van der Waals surface area contributed by atoms with Crippen LogP contribution in [-0.4, -0.2) is 38.4 Å². The second-order valence-electron chi connectivity index (χ2n) is 5.62. The standard InChI is InChI=1S/C20H20N2O5/c1-24-14-7-5-12(6-8-14)15-11-21-20(23)22-18(15)13-9-16(25-2)19(27-4)17(10-13)26-3/h5-11H,1-4H3,(H,21,22,23). The van der Waals surface area contributed by atoms with Gasteiger partial charge in [-0.25, -0.2) is 9.78 Å². The number of hydrogen-bond acceptors (Lipinski definition) is 6. The summed E-state index contributed by atoms with van der Waals surface area (Å²) in [6, 6.07) is 11.0. The van der Waals surface area contributed by atoms with Crippen LogP contribution in [0.1, 0.15) is 0 Å². The Morgan fingerprint density at radius 3 is 1.96 bits per heavy atom. The number of rotatable bonds is 6. The lowest BCUT2D eigenvalue weighted by molar-refractivity contribution is 0.324. The van der Waals surface area contributed by atoms with Crippen LogP contribution in [0, 0.1) is 0 Å². The summed E-state index contributed by atoms with van der Waals surface area (Å²) in [7, 11) is 6.23. The molecule has 0 atom stereocenters. The lowest BCUT2D eigenvalue weighted by Gasteiger charge is -2.15. The lowest BCUT2D eigenvalue weighted by atomic mass is 10.00. The Morgan fingerprint density at radius 2 is 1.44 bits per heavy atom. The number of nitrogens with one attached hydrogen (secondary N) is 1. The van der Waals surface area contributed by atoms with Crippen molar-refractivity contribution < 1.29 is 18.9 Å². The first-order chi connectivity index (χ1) is 13.1. The summed E-state index contributed by atoms with van der Waals surface area (Å²) in [6.07, 6.45) is 1.54. The van der Waals surface area contributed by atoms with Crippen LogP contribution >= 0.6 is 0 Å². The molecule has 3 aromatic rings. The Hall–Kier alpha value is -3.48. The van der Waals surface area contributed by atoms with E-state index in [4.69, 9.17) is 18.9 Å². The molecule has 0 unspecified atom stereocenters. The molecule has 3 rings (SSSR count). The maximum atomic E-state index is 11.9. The summed E-state index contributed by atoms with van der Waals surface area (Å²) >= 11 is 0. The molecule has 0 spiro atoms. The van der Waals surface area contributed by atoms with E-state index in [2.05, 4.69) is 9.97 Å². The summed E-state index contributed by atoms with van der Waals surface area (Å²) in [5.41, 5.74) is 2.49. The van der Waals surface area contributed by atoms with Gasteiger partial charge in [0.15, 0.2) is 11.5 Å². The summed E-state index contributed by atoms with van der Waals surface area (Å²) in [6.45, 7) is 0. The van der Waals surface area contributed by atoms with E-state index >= 15 is 0 Å². The Bertz CT molecular complexity index is 971. The quantitative estimate of drug-likeness (QED) is 0.720. The van der Waals surface area contributed by atoms with E-state index in [1.54, 1.807) is 39.7 Å². The normalized spacial score (nSPS) is 10.4. The molecular weight excluding hydrogens is 348 g/mol. The number of ether oxygens (including phenoxy) is 4. The molecule has 0 amide bonds. The monoisotopic (exact) mass is 368 g/mol. The summed E-state index contributed by atoms with van der Waals surface area (Å²) in [5, 5.41) is 0. The minimum atomic E-state index is -0.448. The van der Waals surface area contributed by atoms with Crippen LogP contribution in [-0.2, 0) is 0 Å². The molecule has 0 aliphatic carbocycles. The average molecular weight is 368 g/mol. The molecule has 0 aliphatic heterocycles. The molecule has 27 heavy (non-hydrogen) atoms. The summed E-state index contributed by atoms with van der Waals surface area (Å²) < 4.78 is 21.4. The van der Waals surface area contributed by atoms with Crippen molar-refractivity contribution in [2.75, 3.05) is 28.4 Å². The molecule has 0 fully saturated rings. The predicted molar refractivity (Wildman–Crippen MR) is 102 cm³/mol. The maximum absolute atomic E-state index is 11.9. The van der Waals surface area contributed by atoms with E-state index in [-0.39, 0.29) is 0 Å². The molecule has 0 radical (unpaired) electrons. The summed E-state index contributed by atoms with van der Waals surface area (Å²) in [4.78, 5) is 18.6. The Labute approximate surface area is 156 Å². The van der Waals surface area contributed by atoms with Crippen LogP contribution in [0.3, 0.4) is 0 Å². The highest BCUT2D eigenvalue weighted by Gasteiger charge is 2.17. The fourth-order valence-electron chi connectivity index (χ4n) is 2.84. The molecule has 0 saturated heterocycles. The molecule has 140 valence electrons. The van der Waals surface area contributed by atoms with Gasteiger partial charge in [0, 0.05) is 17.3 Å². The van der Waals surface area contributed by atoms with Gasteiger partial charge in [0.05, 0.1) is 34.1 Å². The van der Waals surface area contributed by atoms with Gasteiger partial charge in [0.25, 0.3) is 0 Å². The van der Waals surface area contributed by atoms with Crippen LogP contribution in [0.5, 0.6) is 23.0 Å². The Kier molecular flexibility index (Phi) is 5.30. The summed E-state index contributed by atoms with van der Waals surface area (Å²) in [5.74, 6) is 2.20. The zero-order valence-corrected chi connectivity index (χ0v) is 15.5. The first-order valence-electron chi connectivity index (χ1n) is 8.15. The predicted octanol–water partition coefficient (Wildman–Crippen LogP) is 3.14. The number of methoxy groups -OCH3 is 4. The second-order valence-corrected chi connectivity index (χ2v) is 5.62. The van der Waals surface area contributed by atoms with Gasteiger partial charge < -0.3 is 23.9 Å². The van der Waals surface area contributed by atoms with Gasteiger partial charge in [-0.15, -0.1) is 0 Å².